The second-order valence-corrected chi connectivity index (χ2v) is 11.0. The Morgan fingerprint density at radius 1 is 1.02 bits per heavy atom. The standard InChI is InChI=1S/C29H24ClFN6O2S/c1-15(2)39-21-11-9-18(13-20(21)31)24-23-27(32)33-14-34-28(23)37(35-24)16(3)25-26(30)36-22(40-25)12-10-19(29(36)38)17-7-5-4-6-8-17/h4-16H,1-3H3,(H2,32,33,34). The van der Waals surface area contributed by atoms with Gasteiger partial charge in [0.1, 0.15) is 27.8 Å². The van der Waals surface area contributed by atoms with Crippen molar-refractivity contribution in [3.8, 4) is 28.1 Å². The van der Waals surface area contributed by atoms with Crippen LogP contribution in [0.1, 0.15) is 31.7 Å². The molecule has 0 radical (unpaired) electrons. The number of nitrogen functional groups attached to an aromatic ring is 1. The van der Waals surface area contributed by atoms with Crippen LogP contribution in [-0.4, -0.2) is 30.3 Å². The molecule has 0 aliphatic rings. The van der Waals surface area contributed by atoms with Crippen molar-refractivity contribution in [1.82, 2.24) is 24.1 Å². The molecule has 0 saturated heterocycles. The van der Waals surface area contributed by atoms with Crippen molar-refractivity contribution in [2.75, 3.05) is 5.73 Å². The summed E-state index contributed by atoms with van der Waals surface area (Å²) in [4.78, 5) is 23.5. The second kappa shape index (κ2) is 10.0. The van der Waals surface area contributed by atoms with E-state index in [9.17, 15) is 9.18 Å². The quantitative estimate of drug-likeness (QED) is 0.240. The Hall–Kier alpha value is -4.28. The summed E-state index contributed by atoms with van der Waals surface area (Å²) in [5.41, 5.74) is 8.81. The smallest absolute Gasteiger partial charge is 0.264 e. The van der Waals surface area contributed by atoms with E-state index in [-0.39, 0.29) is 23.2 Å². The Morgan fingerprint density at radius 2 is 1.80 bits per heavy atom. The van der Waals surface area contributed by atoms with Gasteiger partial charge < -0.3 is 10.5 Å². The van der Waals surface area contributed by atoms with E-state index >= 15 is 0 Å². The van der Waals surface area contributed by atoms with Crippen molar-refractivity contribution < 1.29 is 9.13 Å². The molecule has 0 saturated carbocycles. The van der Waals surface area contributed by atoms with Gasteiger partial charge in [-0.1, -0.05) is 41.9 Å². The number of aromatic nitrogens is 5. The van der Waals surface area contributed by atoms with Gasteiger partial charge in [0.25, 0.3) is 5.56 Å². The molecule has 8 nitrogen and oxygen atoms in total. The summed E-state index contributed by atoms with van der Waals surface area (Å²) < 4.78 is 23.7. The summed E-state index contributed by atoms with van der Waals surface area (Å²) in [6, 6.07) is 17.4. The molecule has 0 fully saturated rings. The third-order valence-corrected chi connectivity index (χ3v) is 8.34. The predicted molar refractivity (Wildman–Crippen MR) is 157 cm³/mol. The van der Waals surface area contributed by atoms with Gasteiger partial charge in [-0.25, -0.2) is 19.0 Å². The van der Waals surface area contributed by atoms with Gasteiger partial charge >= 0.3 is 0 Å². The van der Waals surface area contributed by atoms with Crippen LogP contribution in [0.5, 0.6) is 5.75 Å². The summed E-state index contributed by atoms with van der Waals surface area (Å²) in [5, 5.41) is 5.60. The lowest BCUT2D eigenvalue weighted by Crippen LogP contribution is -2.15. The van der Waals surface area contributed by atoms with E-state index in [0.717, 1.165) is 5.56 Å². The third kappa shape index (κ3) is 4.29. The van der Waals surface area contributed by atoms with E-state index in [1.54, 1.807) is 16.8 Å². The number of anilines is 1. The fraction of sp³-hybridized carbons (Fsp3) is 0.172. The van der Waals surface area contributed by atoms with Crippen molar-refractivity contribution in [2.24, 2.45) is 0 Å². The number of nitrogens with zero attached hydrogens (tertiary/aromatic N) is 5. The van der Waals surface area contributed by atoms with Gasteiger partial charge in [0.2, 0.25) is 0 Å². The molecule has 40 heavy (non-hydrogen) atoms. The molecule has 1 unspecified atom stereocenters. The summed E-state index contributed by atoms with van der Waals surface area (Å²) in [6.07, 6.45) is 1.18. The predicted octanol–water partition coefficient (Wildman–Crippen LogP) is 6.61. The molecule has 6 rings (SSSR count). The molecular weight excluding hydrogens is 551 g/mol. The summed E-state index contributed by atoms with van der Waals surface area (Å²) in [7, 11) is 0. The minimum absolute atomic E-state index is 0.150. The van der Waals surface area contributed by atoms with Crippen molar-refractivity contribution in [2.45, 2.75) is 32.9 Å². The van der Waals surface area contributed by atoms with Crippen LogP contribution in [0.2, 0.25) is 5.15 Å². The number of rotatable bonds is 6. The Morgan fingerprint density at radius 3 is 2.52 bits per heavy atom. The maximum atomic E-state index is 14.9. The van der Waals surface area contributed by atoms with E-state index in [1.165, 1.54) is 28.1 Å². The Labute approximate surface area is 237 Å². The first-order chi connectivity index (χ1) is 19.2. The van der Waals surface area contributed by atoms with Gasteiger partial charge in [-0.3, -0.25) is 9.20 Å². The molecule has 0 spiro atoms. The largest absolute Gasteiger partial charge is 0.488 e. The summed E-state index contributed by atoms with van der Waals surface area (Å²) in [5.74, 6) is -0.150. The van der Waals surface area contributed by atoms with Crippen LogP contribution < -0.4 is 16.0 Å². The van der Waals surface area contributed by atoms with Gasteiger partial charge in [-0.05, 0) is 56.7 Å². The lowest BCUT2D eigenvalue weighted by Gasteiger charge is -2.12. The highest BCUT2D eigenvalue weighted by atomic mass is 35.5. The average Bonchev–Trinajstić information content (AvgIpc) is 3.49. The van der Waals surface area contributed by atoms with E-state index in [0.29, 0.717) is 42.7 Å². The first-order valence-corrected chi connectivity index (χ1v) is 13.8. The normalized spacial score (nSPS) is 12.4. The number of nitrogens with two attached hydrogens (primary N) is 1. The van der Waals surface area contributed by atoms with Crippen LogP contribution in [0.3, 0.4) is 0 Å². The van der Waals surface area contributed by atoms with Crippen molar-refractivity contribution in [1.29, 1.82) is 0 Å². The average molecular weight is 575 g/mol. The van der Waals surface area contributed by atoms with E-state index < -0.39 is 11.9 Å². The number of fused-ring (bicyclic) bond motifs is 2. The SMILES string of the molecule is CC(C)Oc1ccc(-c2nn(C(C)c3sc4ccc(-c5ccccc5)c(=O)n4c3Cl)c3ncnc(N)c23)cc1F. The van der Waals surface area contributed by atoms with Crippen LogP contribution in [0.4, 0.5) is 10.2 Å². The number of hydrogen-bond acceptors (Lipinski definition) is 7. The Bertz CT molecular complexity index is 1950. The summed E-state index contributed by atoms with van der Waals surface area (Å²) >= 11 is 8.26. The van der Waals surface area contributed by atoms with Crippen LogP contribution >= 0.6 is 22.9 Å². The zero-order chi connectivity index (χ0) is 28.1. The number of hydrogen-bond donors (Lipinski definition) is 1. The zero-order valence-corrected chi connectivity index (χ0v) is 23.4. The maximum Gasteiger partial charge on any atom is 0.264 e. The molecule has 0 aliphatic heterocycles. The fourth-order valence-electron chi connectivity index (χ4n) is 4.72. The maximum absolute atomic E-state index is 14.9. The fourth-order valence-corrected chi connectivity index (χ4v) is 6.29. The van der Waals surface area contributed by atoms with Crippen LogP contribution in [0.15, 0.2) is 71.8 Å². The topological polar surface area (TPSA) is 100 Å². The van der Waals surface area contributed by atoms with Crippen LogP contribution in [0.25, 0.3) is 38.2 Å². The van der Waals surface area contributed by atoms with Gasteiger partial charge in [-0.15, -0.1) is 11.3 Å². The molecule has 202 valence electrons. The summed E-state index contributed by atoms with van der Waals surface area (Å²) in [6.45, 7) is 5.57. The molecule has 4 heterocycles. The molecule has 4 aromatic heterocycles. The molecular formula is C29H24ClFN6O2S. The molecule has 0 amide bonds. The number of halogens is 2. The molecule has 1 atom stereocenters. The first-order valence-electron chi connectivity index (χ1n) is 12.6. The Kier molecular flexibility index (Phi) is 6.52. The van der Waals surface area contributed by atoms with Gasteiger partial charge in [-0.2, -0.15) is 5.10 Å². The lowest BCUT2D eigenvalue weighted by molar-refractivity contribution is 0.231. The monoisotopic (exact) mass is 574 g/mol. The van der Waals surface area contributed by atoms with E-state index in [4.69, 9.17) is 27.2 Å². The van der Waals surface area contributed by atoms with Gasteiger partial charge in [0.05, 0.1) is 22.4 Å². The van der Waals surface area contributed by atoms with Gasteiger partial charge in [0, 0.05) is 11.1 Å². The minimum atomic E-state index is -0.515. The minimum Gasteiger partial charge on any atom is -0.488 e. The number of ether oxygens (including phenoxy) is 1. The molecule has 11 heteroatoms. The van der Waals surface area contributed by atoms with Gasteiger partial charge in [0.15, 0.2) is 17.2 Å². The van der Waals surface area contributed by atoms with Crippen molar-refractivity contribution >= 4 is 44.6 Å². The Balaban J connectivity index is 1.49. The number of thiazole rings is 1. The number of pyridine rings is 1. The first kappa shape index (κ1) is 26.0. The highest BCUT2D eigenvalue weighted by molar-refractivity contribution is 7.18. The second-order valence-electron chi connectivity index (χ2n) is 9.59. The highest BCUT2D eigenvalue weighted by Gasteiger charge is 2.26. The molecule has 2 aromatic carbocycles. The van der Waals surface area contributed by atoms with E-state index in [2.05, 4.69) is 9.97 Å². The molecule has 0 aliphatic carbocycles. The van der Waals surface area contributed by atoms with Crippen molar-refractivity contribution in [3.05, 3.63) is 93.2 Å². The van der Waals surface area contributed by atoms with Crippen molar-refractivity contribution in [3.63, 3.8) is 0 Å². The zero-order valence-electron chi connectivity index (χ0n) is 21.8. The molecule has 0 bridgehead atoms. The number of benzene rings is 2. The van der Waals surface area contributed by atoms with Crippen LogP contribution in [0, 0.1) is 5.82 Å². The molecule has 2 N–H and O–H groups in total. The van der Waals surface area contributed by atoms with E-state index in [1.807, 2.05) is 63.2 Å². The molecule has 6 aromatic rings. The lowest BCUT2D eigenvalue weighted by atomic mass is 10.1. The highest BCUT2D eigenvalue weighted by Crippen LogP contribution is 2.38. The third-order valence-electron chi connectivity index (χ3n) is 6.58. The van der Waals surface area contributed by atoms with Crippen LogP contribution in [-0.2, 0) is 0 Å².